The normalized spacial score (nSPS) is 22.5. The molecule has 0 saturated carbocycles. The zero-order valence-electron chi connectivity index (χ0n) is 13.8. The number of nitrogens with one attached hydrogen (secondary N) is 1. The standard InChI is InChI=1S/C16H24N4O3/c1-3-13-15(11(2)18-23-13)16(22)19-7-4-5-12(10-19)20-8-6-17-9-14(20)21/h12,17H,3-10H2,1-2H3. The number of aromatic nitrogens is 1. The number of likely N-dealkylation sites (tertiary alicyclic amines) is 1. The fourth-order valence-corrected chi connectivity index (χ4v) is 3.49. The number of piperidine rings is 1. The van der Waals surface area contributed by atoms with Crippen LogP contribution in [0.1, 0.15) is 41.6 Å². The Hall–Kier alpha value is -1.89. The molecule has 2 amide bonds. The van der Waals surface area contributed by atoms with Crippen molar-refractivity contribution in [2.24, 2.45) is 0 Å². The second-order valence-electron chi connectivity index (χ2n) is 6.23. The van der Waals surface area contributed by atoms with Crippen molar-refractivity contribution >= 4 is 11.8 Å². The first-order valence-electron chi connectivity index (χ1n) is 8.36. The molecule has 0 bridgehead atoms. The number of rotatable bonds is 3. The van der Waals surface area contributed by atoms with Gasteiger partial charge in [-0.25, -0.2) is 0 Å². The highest BCUT2D eigenvalue weighted by atomic mass is 16.5. The summed E-state index contributed by atoms with van der Waals surface area (Å²) in [6, 6.07) is 0.118. The minimum Gasteiger partial charge on any atom is -0.360 e. The smallest absolute Gasteiger partial charge is 0.259 e. The van der Waals surface area contributed by atoms with Crippen LogP contribution in [0.3, 0.4) is 0 Å². The van der Waals surface area contributed by atoms with Gasteiger partial charge in [-0.15, -0.1) is 0 Å². The summed E-state index contributed by atoms with van der Waals surface area (Å²) in [4.78, 5) is 28.7. The molecule has 1 atom stereocenters. The van der Waals surface area contributed by atoms with E-state index < -0.39 is 0 Å². The van der Waals surface area contributed by atoms with E-state index in [0.29, 0.717) is 36.5 Å². The topological polar surface area (TPSA) is 78.7 Å². The lowest BCUT2D eigenvalue weighted by Crippen LogP contribution is -2.57. The highest BCUT2D eigenvalue weighted by molar-refractivity contribution is 5.96. The highest BCUT2D eigenvalue weighted by Crippen LogP contribution is 2.22. The van der Waals surface area contributed by atoms with E-state index >= 15 is 0 Å². The van der Waals surface area contributed by atoms with Crippen LogP contribution in [0.15, 0.2) is 4.52 Å². The van der Waals surface area contributed by atoms with E-state index in [-0.39, 0.29) is 17.9 Å². The van der Waals surface area contributed by atoms with E-state index in [1.807, 2.05) is 16.7 Å². The summed E-state index contributed by atoms with van der Waals surface area (Å²) in [7, 11) is 0. The Labute approximate surface area is 136 Å². The van der Waals surface area contributed by atoms with Crippen LogP contribution in [0.2, 0.25) is 0 Å². The maximum absolute atomic E-state index is 12.9. The molecule has 23 heavy (non-hydrogen) atoms. The maximum atomic E-state index is 12.9. The van der Waals surface area contributed by atoms with E-state index in [4.69, 9.17) is 4.52 Å². The first kappa shape index (κ1) is 16.0. The minimum atomic E-state index is -0.0205. The lowest BCUT2D eigenvalue weighted by molar-refractivity contribution is -0.135. The van der Waals surface area contributed by atoms with Gasteiger partial charge in [-0.2, -0.15) is 0 Å². The molecule has 1 aromatic rings. The summed E-state index contributed by atoms with van der Waals surface area (Å²) < 4.78 is 5.25. The van der Waals surface area contributed by atoms with Crippen LogP contribution < -0.4 is 5.32 Å². The Morgan fingerprint density at radius 2 is 2.26 bits per heavy atom. The third-order valence-corrected chi connectivity index (χ3v) is 4.72. The number of hydrogen-bond acceptors (Lipinski definition) is 5. The molecule has 0 aliphatic carbocycles. The third kappa shape index (κ3) is 3.10. The molecule has 3 heterocycles. The van der Waals surface area contributed by atoms with Crippen molar-refractivity contribution in [1.29, 1.82) is 0 Å². The van der Waals surface area contributed by atoms with Crippen LogP contribution in [-0.4, -0.2) is 65.5 Å². The zero-order chi connectivity index (χ0) is 16.4. The molecule has 1 aromatic heterocycles. The van der Waals surface area contributed by atoms with Crippen molar-refractivity contribution in [3.05, 3.63) is 17.0 Å². The predicted octanol–water partition coefficient (Wildman–Crippen LogP) is 0.582. The first-order valence-corrected chi connectivity index (χ1v) is 8.36. The Morgan fingerprint density at radius 3 is 3.00 bits per heavy atom. The molecule has 7 heteroatoms. The van der Waals surface area contributed by atoms with Gasteiger partial charge in [0.15, 0.2) is 0 Å². The summed E-state index contributed by atoms with van der Waals surface area (Å²) in [6.45, 7) is 7.02. The van der Waals surface area contributed by atoms with E-state index in [0.717, 1.165) is 32.5 Å². The largest absolute Gasteiger partial charge is 0.360 e. The van der Waals surface area contributed by atoms with Crippen molar-refractivity contribution < 1.29 is 14.1 Å². The number of hydrogen-bond donors (Lipinski definition) is 1. The molecule has 7 nitrogen and oxygen atoms in total. The average molecular weight is 320 g/mol. The van der Waals surface area contributed by atoms with E-state index in [9.17, 15) is 9.59 Å². The third-order valence-electron chi connectivity index (χ3n) is 4.72. The monoisotopic (exact) mass is 320 g/mol. The van der Waals surface area contributed by atoms with Gasteiger partial charge in [-0.3, -0.25) is 9.59 Å². The summed E-state index contributed by atoms with van der Waals surface area (Å²) in [6.07, 6.45) is 2.52. The van der Waals surface area contributed by atoms with E-state index in [2.05, 4.69) is 10.5 Å². The zero-order valence-corrected chi connectivity index (χ0v) is 13.8. The molecule has 1 N–H and O–H groups in total. The van der Waals surface area contributed by atoms with Crippen molar-refractivity contribution in [3.8, 4) is 0 Å². The van der Waals surface area contributed by atoms with E-state index in [1.165, 1.54) is 0 Å². The molecule has 3 rings (SSSR count). The molecule has 2 saturated heterocycles. The SMILES string of the molecule is CCc1onc(C)c1C(=O)N1CCCC(N2CCNCC2=O)C1. The minimum absolute atomic E-state index is 0.0205. The van der Waals surface area contributed by atoms with Gasteiger partial charge < -0.3 is 19.6 Å². The molecule has 2 aliphatic rings. The lowest BCUT2D eigenvalue weighted by Gasteiger charge is -2.41. The Morgan fingerprint density at radius 1 is 1.43 bits per heavy atom. The van der Waals surface area contributed by atoms with E-state index in [1.54, 1.807) is 6.92 Å². The van der Waals surface area contributed by atoms with Gasteiger partial charge in [0.05, 0.1) is 12.2 Å². The predicted molar refractivity (Wildman–Crippen MR) is 84.1 cm³/mol. The first-order chi connectivity index (χ1) is 11.1. The lowest BCUT2D eigenvalue weighted by atomic mass is 10.0. The van der Waals surface area contributed by atoms with Crippen LogP contribution in [0.4, 0.5) is 0 Å². The number of carbonyl (C=O) groups is 2. The van der Waals surface area contributed by atoms with Gasteiger partial charge in [0, 0.05) is 38.6 Å². The van der Waals surface area contributed by atoms with Crippen molar-refractivity contribution in [2.75, 3.05) is 32.7 Å². The van der Waals surface area contributed by atoms with Crippen molar-refractivity contribution in [1.82, 2.24) is 20.3 Å². The second kappa shape index (κ2) is 6.70. The van der Waals surface area contributed by atoms with Crippen LogP contribution in [0.25, 0.3) is 0 Å². The van der Waals surface area contributed by atoms with Gasteiger partial charge in [0.1, 0.15) is 11.3 Å². The van der Waals surface area contributed by atoms with Crippen LogP contribution in [0.5, 0.6) is 0 Å². The fourth-order valence-electron chi connectivity index (χ4n) is 3.49. The summed E-state index contributed by atoms with van der Waals surface area (Å²) in [5, 5.41) is 7.02. The van der Waals surface area contributed by atoms with Crippen molar-refractivity contribution in [3.63, 3.8) is 0 Å². The second-order valence-corrected chi connectivity index (χ2v) is 6.23. The highest BCUT2D eigenvalue weighted by Gasteiger charge is 2.33. The fraction of sp³-hybridized carbons (Fsp3) is 0.688. The maximum Gasteiger partial charge on any atom is 0.259 e. The number of amides is 2. The van der Waals surface area contributed by atoms with Gasteiger partial charge in [0.2, 0.25) is 5.91 Å². The van der Waals surface area contributed by atoms with Gasteiger partial charge >= 0.3 is 0 Å². The van der Waals surface area contributed by atoms with Gasteiger partial charge in [0.25, 0.3) is 5.91 Å². The number of aryl methyl sites for hydroxylation is 2. The van der Waals surface area contributed by atoms with Crippen LogP contribution in [-0.2, 0) is 11.2 Å². The van der Waals surface area contributed by atoms with Crippen LogP contribution in [0, 0.1) is 6.92 Å². The summed E-state index contributed by atoms with van der Waals surface area (Å²) in [5.74, 6) is 0.756. The molecule has 0 spiro atoms. The quantitative estimate of drug-likeness (QED) is 0.881. The molecule has 126 valence electrons. The Bertz CT molecular complexity index is 598. The van der Waals surface area contributed by atoms with Crippen LogP contribution >= 0.6 is 0 Å². The summed E-state index contributed by atoms with van der Waals surface area (Å²) in [5.41, 5.74) is 1.24. The number of piperazine rings is 1. The molecule has 1 unspecified atom stereocenters. The molecule has 2 fully saturated rings. The molecular weight excluding hydrogens is 296 g/mol. The molecule has 0 radical (unpaired) electrons. The Kier molecular flexibility index (Phi) is 4.66. The molecule has 0 aromatic carbocycles. The molecular formula is C16H24N4O3. The average Bonchev–Trinajstić information content (AvgIpc) is 2.95. The number of carbonyl (C=O) groups excluding carboxylic acids is 2. The summed E-state index contributed by atoms with van der Waals surface area (Å²) >= 11 is 0. The number of nitrogens with zero attached hydrogens (tertiary/aromatic N) is 3. The van der Waals surface area contributed by atoms with Gasteiger partial charge in [-0.1, -0.05) is 12.1 Å². The van der Waals surface area contributed by atoms with Crippen molar-refractivity contribution in [2.45, 2.75) is 39.2 Å². The molecule has 2 aliphatic heterocycles. The Balaban J connectivity index is 1.74. The van der Waals surface area contributed by atoms with Gasteiger partial charge in [-0.05, 0) is 19.8 Å².